The van der Waals surface area contributed by atoms with Gasteiger partial charge in [0.25, 0.3) is 10.2 Å². The van der Waals surface area contributed by atoms with Crippen LogP contribution in [0.4, 0.5) is 0 Å². The Morgan fingerprint density at radius 2 is 1.83 bits per heavy atom. The Morgan fingerprint density at radius 1 is 1.17 bits per heavy atom. The van der Waals surface area contributed by atoms with E-state index < -0.39 is 10.2 Å². The van der Waals surface area contributed by atoms with Gasteiger partial charge in [-0.15, -0.1) is 0 Å². The molecule has 0 radical (unpaired) electrons. The molecule has 6 nitrogen and oxygen atoms in total. The lowest BCUT2D eigenvalue weighted by atomic mass is 10.1. The van der Waals surface area contributed by atoms with Crippen molar-refractivity contribution in [1.29, 1.82) is 0 Å². The van der Waals surface area contributed by atoms with E-state index in [9.17, 15) is 8.42 Å². The summed E-state index contributed by atoms with van der Waals surface area (Å²) in [5, 5.41) is 0. The van der Waals surface area contributed by atoms with Gasteiger partial charge in [0.2, 0.25) is 0 Å². The van der Waals surface area contributed by atoms with Crippen LogP contribution < -0.4 is 0 Å². The van der Waals surface area contributed by atoms with Crippen LogP contribution in [0.2, 0.25) is 0 Å². The summed E-state index contributed by atoms with van der Waals surface area (Å²) in [4.78, 5) is 2.30. The van der Waals surface area contributed by atoms with Gasteiger partial charge in [0.15, 0.2) is 0 Å². The van der Waals surface area contributed by atoms with E-state index in [1.807, 2.05) is 0 Å². The van der Waals surface area contributed by atoms with Crippen molar-refractivity contribution >= 4 is 10.2 Å². The molecule has 0 aromatic heterocycles. The molecule has 2 heterocycles. The van der Waals surface area contributed by atoms with Crippen LogP contribution in [0.1, 0.15) is 16.7 Å². The van der Waals surface area contributed by atoms with E-state index in [2.05, 4.69) is 36.9 Å². The van der Waals surface area contributed by atoms with Gasteiger partial charge in [-0.25, -0.2) is 0 Å². The van der Waals surface area contributed by atoms with Crippen molar-refractivity contribution in [1.82, 2.24) is 13.5 Å². The third kappa shape index (κ3) is 3.50. The van der Waals surface area contributed by atoms with Gasteiger partial charge >= 0.3 is 0 Å². The first-order valence-corrected chi connectivity index (χ1v) is 9.77. The normalized spacial score (nSPS) is 26.0. The van der Waals surface area contributed by atoms with Gasteiger partial charge in [-0.3, -0.25) is 4.90 Å². The molecule has 134 valence electrons. The summed E-state index contributed by atoms with van der Waals surface area (Å²) in [5.74, 6) is 0. The van der Waals surface area contributed by atoms with E-state index in [0.29, 0.717) is 19.7 Å². The molecule has 0 aliphatic carbocycles. The van der Waals surface area contributed by atoms with Gasteiger partial charge < -0.3 is 4.74 Å². The molecule has 0 N–H and O–H groups in total. The van der Waals surface area contributed by atoms with Crippen molar-refractivity contribution in [3.8, 4) is 0 Å². The minimum Gasteiger partial charge on any atom is -0.374 e. The highest BCUT2D eigenvalue weighted by atomic mass is 32.2. The lowest BCUT2D eigenvalue weighted by molar-refractivity contribution is -0.0176. The molecule has 2 saturated heterocycles. The Kier molecular flexibility index (Phi) is 4.99. The zero-order chi connectivity index (χ0) is 17.5. The number of aryl methyl sites for hydroxylation is 2. The van der Waals surface area contributed by atoms with Gasteiger partial charge in [0.05, 0.1) is 18.8 Å². The number of benzene rings is 1. The summed E-state index contributed by atoms with van der Waals surface area (Å²) in [7, 11) is -0.233. The number of hydrogen-bond donors (Lipinski definition) is 0. The van der Waals surface area contributed by atoms with E-state index in [1.54, 1.807) is 18.4 Å². The van der Waals surface area contributed by atoms with Crippen LogP contribution in [-0.2, 0) is 21.5 Å². The predicted molar refractivity (Wildman–Crippen MR) is 94.0 cm³/mol. The fraction of sp³-hybridized carbons (Fsp3) is 0.647. The van der Waals surface area contributed by atoms with Crippen molar-refractivity contribution in [2.75, 3.05) is 40.3 Å². The highest BCUT2D eigenvalue weighted by molar-refractivity contribution is 7.86. The van der Waals surface area contributed by atoms with Crippen LogP contribution in [0.5, 0.6) is 0 Å². The smallest absolute Gasteiger partial charge is 0.281 e. The van der Waals surface area contributed by atoms with Gasteiger partial charge in [-0.2, -0.15) is 17.0 Å². The van der Waals surface area contributed by atoms with Crippen LogP contribution >= 0.6 is 0 Å². The van der Waals surface area contributed by atoms with E-state index in [0.717, 1.165) is 13.1 Å². The topological polar surface area (TPSA) is 53.1 Å². The van der Waals surface area contributed by atoms with Crippen molar-refractivity contribution in [3.63, 3.8) is 0 Å². The van der Waals surface area contributed by atoms with Crippen LogP contribution in [-0.4, -0.2) is 74.4 Å². The Morgan fingerprint density at radius 3 is 2.46 bits per heavy atom. The molecule has 7 heteroatoms. The van der Waals surface area contributed by atoms with Crippen LogP contribution in [0.3, 0.4) is 0 Å². The first-order valence-electron chi connectivity index (χ1n) is 8.38. The third-order valence-electron chi connectivity index (χ3n) is 4.77. The fourth-order valence-electron chi connectivity index (χ4n) is 3.78. The van der Waals surface area contributed by atoms with Gasteiger partial charge in [0, 0.05) is 40.3 Å². The van der Waals surface area contributed by atoms with Crippen molar-refractivity contribution in [2.45, 2.75) is 32.5 Å². The molecule has 0 saturated carbocycles. The SMILES string of the molecule is Cc1cc(C)cc(CN2C[C@@H]3OCCN(S(=O)(=O)N(C)C)[C@@H]3C2)c1. The average Bonchev–Trinajstić information content (AvgIpc) is 2.87. The summed E-state index contributed by atoms with van der Waals surface area (Å²) in [6, 6.07) is 6.47. The van der Waals surface area contributed by atoms with Gasteiger partial charge in [-0.1, -0.05) is 29.3 Å². The highest BCUT2D eigenvalue weighted by Crippen LogP contribution is 2.27. The number of likely N-dealkylation sites (tertiary alicyclic amines) is 1. The Labute approximate surface area is 145 Å². The number of nitrogens with zero attached hydrogens (tertiary/aromatic N) is 3. The van der Waals surface area contributed by atoms with E-state index >= 15 is 0 Å². The molecule has 24 heavy (non-hydrogen) atoms. The van der Waals surface area contributed by atoms with Crippen molar-refractivity contribution in [3.05, 3.63) is 34.9 Å². The molecule has 2 aliphatic heterocycles. The van der Waals surface area contributed by atoms with Crippen LogP contribution in [0.15, 0.2) is 18.2 Å². The van der Waals surface area contributed by atoms with Gasteiger partial charge in [0.1, 0.15) is 0 Å². The lowest BCUT2D eigenvalue weighted by Gasteiger charge is -2.37. The van der Waals surface area contributed by atoms with Gasteiger partial charge in [-0.05, 0) is 19.4 Å². The molecule has 2 atom stereocenters. The number of morpholine rings is 1. The maximum atomic E-state index is 12.6. The minimum absolute atomic E-state index is 0.0422. The number of hydrogen-bond acceptors (Lipinski definition) is 4. The average molecular weight is 353 g/mol. The van der Waals surface area contributed by atoms with E-state index in [1.165, 1.54) is 21.0 Å². The maximum absolute atomic E-state index is 12.6. The summed E-state index contributed by atoms with van der Waals surface area (Å²) in [5.41, 5.74) is 3.79. The van der Waals surface area contributed by atoms with Crippen LogP contribution in [0, 0.1) is 13.8 Å². The lowest BCUT2D eigenvalue weighted by Crippen LogP contribution is -2.55. The molecular weight excluding hydrogens is 326 g/mol. The standard InChI is InChI=1S/C17H27N3O3S/c1-13-7-14(2)9-15(8-13)10-19-11-16-17(12-19)23-6-5-20(16)24(21,22)18(3)4/h7-9,16-17H,5-6,10-12H2,1-4H3/t16-,17+/m1/s1. The minimum atomic E-state index is -3.40. The first-order chi connectivity index (χ1) is 11.3. The highest BCUT2D eigenvalue weighted by Gasteiger charge is 2.45. The first kappa shape index (κ1) is 17.8. The second kappa shape index (κ2) is 6.72. The predicted octanol–water partition coefficient (Wildman–Crippen LogP) is 0.995. The molecule has 2 aliphatic rings. The maximum Gasteiger partial charge on any atom is 0.281 e. The Bertz CT molecular complexity index is 685. The van der Waals surface area contributed by atoms with Crippen LogP contribution in [0.25, 0.3) is 0 Å². The summed E-state index contributed by atoms with van der Waals surface area (Å²) in [6.07, 6.45) is -0.0422. The third-order valence-corrected chi connectivity index (χ3v) is 6.74. The molecule has 0 amide bonds. The summed E-state index contributed by atoms with van der Waals surface area (Å²) < 4.78 is 33.9. The number of rotatable bonds is 4. The van der Waals surface area contributed by atoms with E-state index in [4.69, 9.17) is 4.74 Å². The Hall–Kier alpha value is -0.990. The zero-order valence-electron chi connectivity index (χ0n) is 14.9. The molecule has 0 bridgehead atoms. The number of ether oxygens (including phenoxy) is 1. The molecule has 2 fully saturated rings. The molecule has 1 aromatic rings. The Balaban J connectivity index is 1.75. The number of fused-ring (bicyclic) bond motifs is 1. The largest absolute Gasteiger partial charge is 0.374 e. The summed E-state index contributed by atoms with van der Waals surface area (Å²) >= 11 is 0. The molecule has 0 unspecified atom stereocenters. The summed E-state index contributed by atoms with van der Waals surface area (Å²) in [6.45, 7) is 7.42. The molecule has 1 aromatic carbocycles. The van der Waals surface area contributed by atoms with Crippen molar-refractivity contribution < 1.29 is 13.2 Å². The zero-order valence-corrected chi connectivity index (χ0v) is 15.7. The fourth-order valence-corrected chi connectivity index (χ4v) is 5.05. The second-order valence-corrected chi connectivity index (χ2v) is 9.16. The molecule has 3 rings (SSSR count). The second-order valence-electron chi connectivity index (χ2n) is 7.07. The van der Waals surface area contributed by atoms with E-state index in [-0.39, 0.29) is 12.1 Å². The molecule has 0 spiro atoms. The van der Waals surface area contributed by atoms with Crippen molar-refractivity contribution in [2.24, 2.45) is 0 Å². The molecular formula is C17H27N3O3S. The monoisotopic (exact) mass is 353 g/mol. The quantitative estimate of drug-likeness (QED) is 0.810.